The lowest BCUT2D eigenvalue weighted by Gasteiger charge is -2.01. The minimum Gasteiger partial charge on any atom is -0.508 e. The Morgan fingerprint density at radius 3 is 2.79 bits per heavy atom. The number of aliphatic hydroxyl groups is 1. The van der Waals surface area contributed by atoms with E-state index in [4.69, 9.17) is 9.52 Å². The molecule has 0 radical (unpaired) electrons. The van der Waals surface area contributed by atoms with Gasteiger partial charge in [-0.3, -0.25) is 0 Å². The van der Waals surface area contributed by atoms with Crippen LogP contribution >= 0.6 is 0 Å². The van der Waals surface area contributed by atoms with Gasteiger partial charge in [0.15, 0.2) is 0 Å². The van der Waals surface area contributed by atoms with Gasteiger partial charge in [0, 0.05) is 11.5 Å². The van der Waals surface area contributed by atoms with Crippen LogP contribution in [0, 0.1) is 0 Å². The zero-order valence-corrected chi connectivity index (χ0v) is 7.23. The highest BCUT2D eigenvalue weighted by Crippen LogP contribution is 2.21. The largest absolute Gasteiger partial charge is 0.508 e. The van der Waals surface area contributed by atoms with Crippen LogP contribution in [0.2, 0.25) is 0 Å². The van der Waals surface area contributed by atoms with Gasteiger partial charge in [-0.25, -0.2) is 4.79 Å². The Hall–Kier alpha value is -1.81. The number of fused-ring (bicyclic) bond motifs is 1. The number of hydrogen-bond donors (Lipinski definition) is 2. The van der Waals surface area contributed by atoms with E-state index in [0.29, 0.717) is 16.5 Å². The fourth-order valence-electron chi connectivity index (χ4n) is 1.35. The van der Waals surface area contributed by atoms with E-state index in [1.165, 1.54) is 24.3 Å². The summed E-state index contributed by atoms with van der Waals surface area (Å²) >= 11 is 0. The van der Waals surface area contributed by atoms with Crippen molar-refractivity contribution >= 4 is 11.0 Å². The smallest absolute Gasteiger partial charge is 0.336 e. The van der Waals surface area contributed by atoms with Crippen molar-refractivity contribution in [2.24, 2.45) is 0 Å². The molecule has 1 aromatic heterocycles. The monoisotopic (exact) mass is 192 g/mol. The lowest BCUT2D eigenvalue weighted by molar-refractivity contribution is 0.282. The molecular formula is C10H8O4. The van der Waals surface area contributed by atoms with Crippen molar-refractivity contribution in [1.29, 1.82) is 0 Å². The summed E-state index contributed by atoms with van der Waals surface area (Å²) in [5, 5.41) is 18.8. The van der Waals surface area contributed by atoms with Crippen molar-refractivity contribution in [3.63, 3.8) is 0 Å². The van der Waals surface area contributed by atoms with Crippen molar-refractivity contribution in [3.05, 3.63) is 40.2 Å². The summed E-state index contributed by atoms with van der Waals surface area (Å²) in [7, 11) is 0. The number of rotatable bonds is 1. The molecule has 0 spiro atoms. The third kappa shape index (κ3) is 1.36. The Morgan fingerprint density at radius 2 is 2.07 bits per heavy atom. The number of phenolic OH excluding ortho intramolecular Hbond substituents is 1. The summed E-state index contributed by atoms with van der Waals surface area (Å²) in [6, 6.07) is 5.57. The predicted molar refractivity (Wildman–Crippen MR) is 50.1 cm³/mol. The zero-order valence-electron chi connectivity index (χ0n) is 7.23. The fourth-order valence-corrected chi connectivity index (χ4v) is 1.35. The lowest BCUT2D eigenvalue weighted by Crippen LogP contribution is -2.00. The van der Waals surface area contributed by atoms with Crippen LogP contribution in [-0.4, -0.2) is 10.2 Å². The van der Waals surface area contributed by atoms with Crippen LogP contribution in [0.4, 0.5) is 0 Å². The van der Waals surface area contributed by atoms with Crippen molar-refractivity contribution in [3.8, 4) is 5.75 Å². The Bertz CT molecular complexity index is 527. The van der Waals surface area contributed by atoms with Crippen molar-refractivity contribution in [2.75, 3.05) is 0 Å². The molecule has 2 aromatic rings. The maximum absolute atomic E-state index is 11.0. The van der Waals surface area contributed by atoms with Gasteiger partial charge in [0.25, 0.3) is 0 Å². The molecule has 0 unspecified atom stereocenters. The zero-order chi connectivity index (χ0) is 10.1. The summed E-state index contributed by atoms with van der Waals surface area (Å²) in [5.41, 5.74) is 0.304. The highest BCUT2D eigenvalue weighted by molar-refractivity contribution is 5.81. The van der Waals surface area contributed by atoms with Gasteiger partial charge < -0.3 is 14.6 Å². The van der Waals surface area contributed by atoms with E-state index in [1.54, 1.807) is 0 Å². The van der Waals surface area contributed by atoms with Crippen LogP contribution in [0.1, 0.15) is 5.56 Å². The summed E-state index contributed by atoms with van der Waals surface area (Å²) in [6.45, 7) is -0.258. The second-order valence-corrected chi connectivity index (χ2v) is 2.93. The number of aromatic hydroxyl groups is 1. The van der Waals surface area contributed by atoms with E-state index in [-0.39, 0.29) is 12.4 Å². The molecular weight excluding hydrogens is 184 g/mol. The molecule has 72 valence electrons. The van der Waals surface area contributed by atoms with Gasteiger partial charge in [-0.15, -0.1) is 0 Å². The minimum absolute atomic E-state index is 0.0704. The molecule has 0 saturated heterocycles. The number of benzene rings is 1. The molecule has 4 nitrogen and oxygen atoms in total. The molecule has 0 bridgehead atoms. The van der Waals surface area contributed by atoms with Gasteiger partial charge in [-0.1, -0.05) is 0 Å². The molecule has 0 aliphatic rings. The van der Waals surface area contributed by atoms with Gasteiger partial charge in [0.05, 0.1) is 6.61 Å². The van der Waals surface area contributed by atoms with Crippen LogP contribution in [0.5, 0.6) is 5.75 Å². The van der Waals surface area contributed by atoms with Gasteiger partial charge in [0.1, 0.15) is 11.3 Å². The summed E-state index contributed by atoms with van der Waals surface area (Å²) in [4.78, 5) is 11.0. The average molecular weight is 192 g/mol. The topological polar surface area (TPSA) is 70.7 Å². The quantitative estimate of drug-likeness (QED) is 0.661. The maximum atomic E-state index is 11.0. The summed E-state index contributed by atoms with van der Waals surface area (Å²) in [5.74, 6) is 0.0704. The van der Waals surface area contributed by atoms with Crippen molar-refractivity contribution < 1.29 is 14.6 Å². The number of aliphatic hydroxyl groups excluding tert-OH is 1. The molecule has 2 N–H and O–H groups in total. The fraction of sp³-hybridized carbons (Fsp3) is 0.100. The third-order valence-corrected chi connectivity index (χ3v) is 1.98. The first kappa shape index (κ1) is 8.77. The lowest BCUT2D eigenvalue weighted by atomic mass is 10.1. The molecule has 0 atom stereocenters. The Balaban J connectivity index is 2.88. The molecule has 0 amide bonds. The summed E-state index contributed by atoms with van der Waals surface area (Å²) < 4.78 is 4.88. The van der Waals surface area contributed by atoms with Crippen molar-refractivity contribution in [1.82, 2.24) is 0 Å². The van der Waals surface area contributed by atoms with E-state index in [1.807, 2.05) is 0 Å². The number of hydrogen-bond acceptors (Lipinski definition) is 4. The van der Waals surface area contributed by atoms with Crippen LogP contribution in [0.25, 0.3) is 11.0 Å². The van der Waals surface area contributed by atoms with Crippen LogP contribution in [0.3, 0.4) is 0 Å². The molecule has 1 aromatic carbocycles. The van der Waals surface area contributed by atoms with Crippen LogP contribution < -0.4 is 5.63 Å². The van der Waals surface area contributed by atoms with E-state index in [9.17, 15) is 9.90 Å². The van der Waals surface area contributed by atoms with E-state index < -0.39 is 5.63 Å². The SMILES string of the molecule is O=c1cc(CO)c2cc(O)ccc2o1. The Morgan fingerprint density at radius 1 is 1.29 bits per heavy atom. The minimum atomic E-state index is -0.507. The normalized spacial score (nSPS) is 10.6. The standard InChI is InChI=1S/C10H8O4/c11-5-6-3-10(13)14-9-2-1-7(12)4-8(6)9/h1-4,11-12H,5H2. The highest BCUT2D eigenvalue weighted by atomic mass is 16.4. The maximum Gasteiger partial charge on any atom is 0.336 e. The molecule has 4 heteroatoms. The average Bonchev–Trinajstić information content (AvgIpc) is 2.17. The highest BCUT2D eigenvalue weighted by Gasteiger charge is 2.04. The molecule has 14 heavy (non-hydrogen) atoms. The van der Waals surface area contributed by atoms with E-state index in [2.05, 4.69) is 0 Å². The first-order valence-corrected chi connectivity index (χ1v) is 4.07. The van der Waals surface area contributed by atoms with Crippen molar-refractivity contribution in [2.45, 2.75) is 6.61 Å². The molecule has 0 fully saturated rings. The molecule has 0 aliphatic heterocycles. The Kier molecular flexibility index (Phi) is 1.98. The van der Waals surface area contributed by atoms with E-state index >= 15 is 0 Å². The van der Waals surface area contributed by atoms with Crippen LogP contribution in [0.15, 0.2) is 33.5 Å². The van der Waals surface area contributed by atoms with Crippen LogP contribution in [-0.2, 0) is 6.61 Å². The molecule has 1 heterocycles. The number of phenols is 1. The Labute approximate surface area is 79.0 Å². The second-order valence-electron chi connectivity index (χ2n) is 2.93. The van der Waals surface area contributed by atoms with E-state index in [0.717, 1.165) is 0 Å². The second kappa shape index (κ2) is 3.16. The molecule has 0 aliphatic carbocycles. The first-order chi connectivity index (χ1) is 6.70. The van der Waals surface area contributed by atoms with Gasteiger partial charge in [-0.05, 0) is 23.8 Å². The third-order valence-electron chi connectivity index (χ3n) is 1.98. The molecule has 2 rings (SSSR count). The van der Waals surface area contributed by atoms with Gasteiger partial charge >= 0.3 is 5.63 Å². The summed E-state index contributed by atoms with van der Waals surface area (Å²) in [6.07, 6.45) is 0. The molecule has 0 saturated carbocycles. The van der Waals surface area contributed by atoms with Gasteiger partial charge in [0.2, 0.25) is 0 Å². The van der Waals surface area contributed by atoms with Gasteiger partial charge in [-0.2, -0.15) is 0 Å². The predicted octanol–water partition coefficient (Wildman–Crippen LogP) is 0.991. The first-order valence-electron chi connectivity index (χ1n) is 4.07.